The number of primary amides is 1. The lowest BCUT2D eigenvalue weighted by molar-refractivity contribution is -0.126. The van der Waals surface area contributed by atoms with Crippen molar-refractivity contribution >= 4 is 29.4 Å². The van der Waals surface area contributed by atoms with Crippen LogP contribution in [0.25, 0.3) is 0 Å². The van der Waals surface area contributed by atoms with Crippen molar-refractivity contribution in [3.05, 3.63) is 28.8 Å². The third kappa shape index (κ3) is 6.15. The number of hydrogen-bond acceptors (Lipinski definition) is 4. The van der Waals surface area contributed by atoms with E-state index in [4.69, 9.17) is 22.1 Å². The fourth-order valence-electron chi connectivity index (χ4n) is 1.60. The Labute approximate surface area is 139 Å². The molecule has 0 aliphatic heterocycles. The van der Waals surface area contributed by atoms with Gasteiger partial charge >= 0.3 is 6.03 Å². The number of carbonyl (C=O) groups excluding carboxylic acids is 3. The van der Waals surface area contributed by atoms with Crippen LogP contribution in [-0.2, 0) is 4.79 Å². The number of hydrogen-bond donors (Lipinski definition) is 3. The summed E-state index contributed by atoms with van der Waals surface area (Å²) < 4.78 is 5.40. The third-order valence-corrected chi connectivity index (χ3v) is 3.02. The number of amides is 4. The van der Waals surface area contributed by atoms with Crippen molar-refractivity contribution in [3.63, 3.8) is 0 Å². The predicted octanol–water partition coefficient (Wildman–Crippen LogP) is 1.69. The lowest BCUT2D eigenvalue weighted by Gasteiger charge is -2.16. The monoisotopic (exact) mass is 341 g/mol. The lowest BCUT2D eigenvalue weighted by atomic mass is 10.2. The Morgan fingerprint density at radius 2 is 1.91 bits per heavy atom. The molecule has 23 heavy (non-hydrogen) atoms. The fraction of sp³-hybridized carbons (Fsp3) is 0.400. The summed E-state index contributed by atoms with van der Waals surface area (Å²) in [5.74, 6) is -0.995. The Balaban J connectivity index is 2.69. The van der Waals surface area contributed by atoms with Crippen molar-refractivity contribution in [3.8, 4) is 5.75 Å². The van der Waals surface area contributed by atoms with Gasteiger partial charge in [-0.1, -0.05) is 25.4 Å². The van der Waals surface area contributed by atoms with E-state index >= 15 is 0 Å². The lowest BCUT2D eigenvalue weighted by Crippen LogP contribution is -2.46. The van der Waals surface area contributed by atoms with Crippen LogP contribution in [0.2, 0.25) is 5.02 Å². The van der Waals surface area contributed by atoms with Crippen molar-refractivity contribution in [2.75, 3.05) is 6.54 Å². The molecule has 8 heteroatoms. The molecule has 0 fully saturated rings. The van der Waals surface area contributed by atoms with Gasteiger partial charge < -0.3 is 15.8 Å². The molecular formula is C15H20ClN3O4. The van der Waals surface area contributed by atoms with Crippen LogP contribution in [0.1, 0.15) is 31.1 Å². The van der Waals surface area contributed by atoms with E-state index in [0.29, 0.717) is 11.6 Å². The molecule has 0 spiro atoms. The molecule has 1 atom stereocenters. The van der Waals surface area contributed by atoms with E-state index in [1.165, 1.54) is 25.1 Å². The van der Waals surface area contributed by atoms with Gasteiger partial charge in [-0.2, -0.15) is 0 Å². The number of halogens is 1. The first-order chi connectivity index (χ1) is 10.7. The second-order valence-corrected chi connectivity index (χ2v) is 5.79. The number of imide groups is 1. The van der Waals surface area contributed by atoms with Gasteiger partial charge in [0.05, 0.1) is 5.56 Å². The van der Waals surface area contributed by atoms with Gasteiger partial charge in [0.2, 0.25) is 0 Å². The summed E-state index contributed by atoms with van der Waals surface area (Å²) in [4.78, 5) is 34.8. The highest BCUT2D eigenvalue weighted by molar-refractivity contribution is 6.31. The summed E-state index contributed by atoms with van der Waals surface area (Å²) in [6.45, 7) is 5.75. The topological polar surface area (TPSA) is 111 Å². The minimum Gasteiger partial charge on any atom is -0.480 e. The maximum absolute atomic E-state index is 11.9. The highest BCUT2D eigenvalue weighted by Crippen LogP contribution is 2.23. The van der Waals surface area contributed by atoms with E-state index in [1.54, 1.807) is 0 Å². The molecule has 0 aliphatic rings. The molecular weight excluding hydrogens is 322 g/mol. The minimum atomic E-state index is -1.00. The fourth-order valence-corrected chi connectivity index (χ4v) is 1.77. The standard InChI is InChI=1S/C15H20ClN3O4/c1-8(2)7-18-15(22)19-14(21)9(3)23-12-5-4-10(16)6-11(12)13(17)20/h4-6,8-9H,7H2,1-3H3,(H2,17,20)(H2,18,19,21,22)/t9-/m1/s1. The second kappa shape index (κ2) is 8.38. The van der Waals surface area contributed by atoms with Crippen molar-refractivity contribution in [2.24, 2.45) is 11.7 Å². The van der Waals surface area contributed by atoms with E-state index in [2.05, 4.69) is 10.6 Å². The van der Waals surface area contributed by atoms with Crippen LogP contribution in [0.3, 0.4) is 0 Å². The number of urea groups is 1. The van der Waals surface area contributed by atoms with Crippen LogP contribution in [-0.4, -0.2) is 30.5 Å². The summed E-state index contributed by atoms with van der Waals surface area (Å²) in [7, 11) is 0. The number of rotatable bonds is 6. The quantitative estimate of drug-likeness (QED) is 0.731. The molecule has 0 aromatic heterocycles. The van der Waals surface area contributed by atoms with Crippen LogP contribution in [0.4, 0.5) is 4.79 Å². The number of benzene rings is 1. The Bertz CT molecular complexity index is 604. The van der Waals surface area contributed by atoms with E-state index < -0.39 is 23.9 Å². The van der Waals surface area contributed by atoms with Gasteiger partial charge in [-0.15, -0.1) is 0 Å². The first-order valence-corrected chi connectivity index (χ1v) is 7.43. The zero-order valence-corrected chi connectivity index (χ0v) is 13.9. The molecule has 126 valence electrons. The van der Waals surface area contributed by atoms with E-state index in [1.807, 2.05) is 13.8 Å². The molecule has 0 aliphatic carbocycles. The average Bonchev–Trinajstić information content (AvgIpc) is 2.46. The highest BCUT2D eigenvalue weighted by atomic mass is 35.5. The van der Waals surface area contributed by atoms with Gasteiger partial charge in [0.25, 0.3) is 11.8 Å². The largest absolute Gasteiger partial charge is 0.480 e. The Morgan fingerprint density at radius 1 is 1.26 bits per heavy atom. The summed E-state index contributed by atoms with van der Waals surface area (Å²) in [6.07, 6.45) is -1.00. The van der Waals surface area contributed by atoms with Crippen LogP contribution in [0.5, 0.6) is 5.75 Å². The summed E-state index contributed by atoms with van der Waals surface area (Å²) in [6, 6.07) is 3.68. The van der Waals surface area contributed by atoms with E-state index in [-0.39, 0.29) is 17.2 Å². The van der Waals surface area contributed by atoms with Gasteiger partial charge in [-0.05, 0) is 31.0 Å². The smallest absolute Gasteiger partial charge is 0.321 e. The number of nitrogens with one attached hydrogen (secondary N) is 2. The van der Waals surface area contributed by atoms with Crippen LogP contribution in [0, 0.1) is 5.92 Å². The van der Waals surface area contributed by atoms with Crippen LogP contribution < -0.4 is 21.1 Å². The molecule has 0 bridgehead atoms. The molecule has 0 radical (unpaired) electrons. The highest BCUT2D eigenvalue weighted by Gasteiger charge is 2.20. The number of nitrogens with two attached hydrogens (primary N) is 1. The van der Waals surface area contributed by atoms with Gasteiger partial charge in [-0.3, -0.25) is 14.9 Å². The predicted molar refractivity (Wildman–Crippen MR) is 86.4 cm³/mol. The molecule has 0 saturated carbocycles. The van der Waals surface area contributed by atoms with Gasteiger partial charge in [0, 0.05) is 11.6 Å². The Hall–Kier alpha value is -2.28. The molecule has 1 aromatic carbocycles. The van der Waals surface area contributed by atoms with Crippen molar-refractivity contribution in [1.29, 1.82) is 0 Å². The maximum atomic E-state index is 11.9. The molecule has 0 heterocycles. The van der Waals surface area contributed by atoms with E-state index in [0.717, 1.165) is 0 Å². The van der Waals surface area contributed by atoms with Crippen LogP contribution in [0.15, 0.2) is 18.2 Å². The summed E-state index contributed by atoms with van der Waals surface area (Å²) in [5, 5.41) is 5.03. The van der Waals surface area contributed by atoms with Gasteiger partial charge in [-0.25, -0.2) is 4.79 Å². The molecule has 7 nitrogen and oxygen atoms in total. The Kier molecular flexibility index (Phi) is 6.84. The van der Waals surface area contributed by atoms with Crippen molar-refractivity contribution in [1.82, 2.24) is 10.6 Å². The van der Waals surface area contributed by atoms with Gasteiger partial charge in [0.15, 0.2) is 6.10 Å². The number of carbonyl (C=O) groups is 3. The van der Waals surface area contributed by atoms with E-state index in [9.17, 15) is 14.4 Å². The molecule has 0 unspecified atom stereocenters. The molecule has 0 saturated heterocycles. The summed E-state index contributed by atoms with van der Waals surface area (Å²) in [5.41, 5.74) is 5.30. The normalized spacial score (nSPS) is 11.7. The molecule has 1 rings (SSSR count). The first-order valence-electron chi connectivity index (χ1n) is 7.05. The minimum absolute atomic E-state index is 0.0569. The first kappa shape index (κ1) is 18.8. The summed E-state index contributed by atoms with van der Waals surface area (Å²) >= 11 is 5.79. The molecule has 4 N–H and O–H groups in total. The molecule has 4 amide bonds. The van der Waals surface area contributed by atoms with Crippen molar-refractivity contribution < 1.29 is 19.1 Å². The number of ether oxygens (including phenoxy) is 1. The van der Waals surface area contributed by atoms with Crippen LogP contribution >= 0.6 is 11.6 Å². The maximum Gasteiger partial charge on any atom is 0.321 e. The average molecular weight is 342 g/mol. The van der Waals surface area contributed by atoms with Crippen molar-refractivity contribution in [2.45, 2.75) is 26.9 Å². The SMILES string of the molecule is CC(C)CNC(=O)NC(=O)[C@@H](C)Oc1ccc(Cl)cc1C(N)=O. The zero-order chi connectivity index (χ0) is 17.6. The zero-order valence-electron chi connectivity index (χ0n) is 13.2. The third-order valence-electron chi connectivity index (χ3n) is 2.79. The second-order valence-electron chi connectivity index (χ2n) is 5.36. The molecule has 1 aromatic rings. The van der Waals surface area contributed by atoms with Gasteiger partial charge in [0.1, 0.15) is 5.75 Å². The Morgan fingerprint density at radius 3 is 2.48 bits per heavy atom.